The minimum absolute atomic E-state index is 0.0883. The molecule has 1 aromatic carbocycles. The monoisotopic (exact) mass is 372 g/mol. The maximum atomic E-state index is 11.4. The highest BCUT2D eigenvalue weighted by Crippen LogP contribution is 2.23. The summed E-state index contributed by atoms with van der Waals surface area (Å²) in [6.07, 6.45) is 6.56. The van der Waals surface area contributed by atoms with E-state index in [1.165, 1.54) is 31.0 Å². The lowest BCUT2D eigenvalue weighted by Crippen LogP contribution is -2.13. The van der Waals surface area contributed by atoms with Crippen LogP contribution in [0.5, 0.6) is 5.88 Å². The van der Waals surface area contributed by atoms with Gasteiger partial charge in [0.2, 0.25) is 15.9 Å². The summed E-state index contributed by atoms with van der Waals surface area (Å²) in [6, 6.07) is 9.89. The van der Waals surface area contributed by atoms with Gasteiger partial charge in [-0.25, -0.2) is 18.5 Å². The lowest BCUT2D eigenvalue weighted by molar-refractivity contribution is 0.201. The molecule has 0 atom stereocenters. The Balaban J connectivity index is 1.64. The second kappa shape index (κ2) is 7.72. The van der Waals surface area contributed by atoms with Crippen molar-refractivity contribution in [2.75, 3.05) is 5.32 Å². The van der Waals surface area contributed by atoms with E-state index < -0.39 is 10.0 Å². The van der Waals surface area contributed by atoms with Crippen LogP contribution in [0.1, 0.15) is 36.8 Å². The van der Waals surface area contributed by atoms with E-state index in [0.29, 0.717) is 18.1 Å². The summed E-state index contributed by atoms with van der Waals surface area (Å²) in [5.74, 6) is 0.621. The fraction of sp³-hybridized carbons (Fsp3) is 0.333. The van der Waals surface area contributed by atoms with Gasteiger partial charge in [0.15, 0.2) is 0 Å². The van der Waals surface area contributed by atoms with Crippen LogP contribution in [0.25, 0.3) is 0 Å². The zero-order chi connectivity index (χ0) is 18.6. The molecule has 1 aromatic heterocycles. The molecule has 0 saturated heterocycles. The van der Waals surface area contributed by atoms with Gasteiger partial charge in [0.1, 0.15) is 12.2 Å². The average molecular weight is 372 g/mol. The summed E-state index contributed by atoms with van der Waals surface area (Å²) in [7, 11) is -3.84. The Labute approximate surface area is 152 Å². The minimum atomic E-state index is -3.84. The van der Waals surface area contributed by atoms with Gasteiger partial charge >= 0.3 is 0 Å². The fourth-order valence-electron chi connectivity index (χ4n) is 2.91. The van der Waals surface area contributed by atoms with Crippen molar-refractivity contribution in [3.8, 4) is 11.9 Å². The third kappa shape index (κ3) is 4.50. The molecule has 3 rings (SSSR count). The Morgan fingerprint density at radius 3 is 2.65 bits per heavy atom. The van der Waals surface area contributed by atoms with Crippen LogP contribution in [-0.2, 0) is 16.6 Å². The van der Waals surface area contributed by atoms with Crippen LogP contribution in [0, 0.1) is 11.3 Å². The first-order chi connectivity index (χ1) is 12.5. The zero-order valence-electron chi connectivity index (χ0n) is 14.2. The number of aromatic nitrogens is 1. The molecule has 0 bridgehead atoms. The highest BCUT2D eigenvalue weighted by Gasteiger charge is 2.17. The number of hydrogen-bond donors (Lipinski definition) is 2. The fourth-order valence-corrected chi connectivity index (χ4v) is 3.45. The maximum Gasteiger partial charge on any atom is 0.238 e. The molecule has 2 aromatic rings. The van der Waals surface area contributed by atoms with E-state index in [1.54, 1.807) is 6.20 Å². The van der Waals surface area contributed by atoms with Gasteiger partial charge in [0.05, 0.1) is 16.1 Å². The molecule has 1 aliphatic rings. The molecule has 1 aliphatic carbocycles. The molecular formula is C18H20N4O3S. The Kier molecular flexibility index (Phi) is 5.40. The van der Waals surface area contributed by atoms with Gasteiger partial charge in [0.25, 0.3) is 0 Å². The second-order valence-corrected chi connectivity index (χ2v) is 7.81. The molecule has 3 N–H and O–H groups in total. The molecule has 1 fully saturated rings. The van der Waals surface area contributed by atoms with Crippen LogP contribution in [0.2, 0.25) is 0 Å². The maximum absolute atomic E-state index is 11.4. The number of pyridine rings is 1. The average Bonchev–Trinajstić information content (AvgIpc) is 3.13. The van der Waals surface area contributed by atoms with E-state index in [4.69, 9.17) is 9.88 Å². The molecule has 26 heavy (non-hydrogen) atoms. The van der Waals surface area contributed by atoms with E-state index in [0.717, 1.165) is 18.4 Å². The van der Waals surface area contributed by atoms with E-state index in [2.05, 4.69) is 10.3 Å². The Morgan fingerprint density at radius 1 is 1.27 bits per heavy atom. The molecule has 0 spiro atoms. The van der Waals surface area contributed by atoms with Crippen molar-refractivity contribution in [2.24, 2.45) is 5.14 Å². The van der Waals surface area contributed by atoms with Gasteiger partial charge in [-0.1, -0.05) is 6.07 Å². The first-order valence-corrected chi connectivity index (χ1v) is 9.93. The molecule has 7 nitrogen and oxygen atoms in total. The third-order valence-electron chi connectivity index (χ3n) is 4.31. The number of sulfonamides is 1. The summed E-state index contributed by atoms with van der Waals surface area (Å²) in [6.45, 7) is 0.445. The number of nitrogens with one attached hydrogen (secondary N) is 1. The first kappa shape index (κ1) is 18.2. The summed E-state index contributed by atoms with van der Waals surface area (Å²) in [5, 5.41) is 17.4. The molecule has 1 heterocycles. The molecule has 0 radical (unpaired) electrons. The third-order valence-corrected chi connectivity index (χ3v) is 5.22. The lowest BCUT2D eigenvalue weighted by atomic mass is 10.2. The quantitative estimate of drug-likeness (QED) is 0.804. The summed E-state index contributed by atoms with van der Waals surface area (Å²) in [5.41, 5.74) is 1.67. The Hall–Kier alpha value is -2.63. The van der Waals surface area contributed by atoms with Crippen LogP contribution >= 0.6 is 0 Å². The molecular weight excluding hydrogens is 352 g/mol. The van der Waals surface area contributed by atoms with Gasteiger partial charge in [-0.15, -0.1) is 0 Å². The van der Waals surface area contributed by atoms with Crippen molar-refractivity contribution < 1.29 is 13.2 Å². The van der Waals surface area contributed by atoms with E-state index >= 15 is 0 Å². The van der Waals surface area contributed by atoms with Crippen molar-refractivity contribution >= 4 is 15.7 Å². The van der Waals surface area contributed by atoms with Gasteiger partial charge in [-0.2, -0.15) is 5.26 Å². The number of ether oxygens (including phenoxy) is 1. The number of rotatable bonds is 6. The standard InChI is InChI=1S/C18H20N4O3S/c19-10-14-9-16(26(20,23)24)6-7-17(14)21-11-13-5-8-18(22-12-13)25-15-3-1-2-4-15/h5-9,12,15,21H,1-4,11H2,(H2,20,23,24). The molecule has 0 aliphatic heterocycles. The molecule has 0 unspecified atom stereocenters. The predicted octanol–water partition coefficient (Wildman–Crippen LogP) is 2.53. The van der Waals surface area contributed by atoms with Gasteiger partial charge in [-0.3, -0.25) is 0 Å². The number of nitriles is 1. The largest absolute Gasteiger partial charge is 0.474 e. The highest BCUT2D eigenvalue weighted by molar-refractivity contribution is 7.89. The molecule has 136 valence electrons. The van der Waals surface area contributed by atoms with Crippen molar-refractivity contribution in [1.29, 1.82) is 5.26 Å². The zero-order valence-corrected chi connectivity index (χ0v) is 15.0. The number of benzene rings is 1. The second-order valence-electron chi connectivity index (χ2n) is 6.25. The number of nitrogens with zero attached hydrogens (tertiary/aromatic N) is 2. The van der Waals surface area contributed by atoms with Crippen LogP contribution in [0.15, 0.2) is 41.4 Å². The smallest absolute Gasteiger partial charge is 0.238 e. The Morgan fingerprint density at radius 2 is 2.04 bits per heavy atom. The number of hydrogen-bond acceptors (Lipinski definition) is 6. The van der Waals surface area contributed by atoms with Crippen molar-refractivity contribution in [3.05, 3.63) is 47.7 Å². The van der Waals surface area contributed by atoms with Gasteiger partial charge in [0, 0.05) is 18.8 Å². The highest BCUT2D eigenvalue weighted by atomic mass is 32.2. The number of primary sulfonamides is 1. The van der Waals surface area contributed by atoms with Crippen LogP contribution in [0.4, 0.5) is 5.69 Å². The SMILES string of the molecule is N#Cc1cc(S(N)(=O)=O)ccc1NCc1ccc(OC2CCCC2)nc1. The van der Waals surface area contributed by atoms with Gasteiger partial charge < -0.3 is 10.1 Å². The van der Waals surface area contributed by atoms with Crippen LogP contribution in [0.3, 0.4) is 0 Å². The number of anilines is 1. The predicted molar refractivity (Wildman–Crippen MR) is 97.0 cm³/mol. The lowest BCUT2D eigenvalue weighted by Gasteiger charge is -2.13. The van der Waals surface area contributed by atoms with Crippen LogP contribution < -0.4 is 15.2 Å². The van der Waals surface area contributed by atoms with Crippen LogP contribution in [-0.4, -0.2) is 19.5 Å². The summed E-state index contributed by atoms with van der Waals surface area (Å²) in [4.78, 5) is 4.23. The summed E-state index contributed by atoms with van der Waals surface area (Å²) < 4.78 is 28.6. The molecule has 8 heteroatoms. The Bertz CT molecular complexity index is 914. The molecule has 1 saturated carbocycles. The van der Waals surface area contributed by atoms with Crippen molar-refractivity contribution in [2.45, 2.75) is 43.2 Å². The van der Waals surface area contributed by atoms with E-state index in [9.17, 15) is 13.7 Å². The minimum Gasteiger partial charge on any atom is -0.474 e. The van der Waals surface area contributed by atoms with E-state index in [1.807, 2.05) is 18.2 Å². The number of nitrogens with two attached hydrogens (primary N) is 1. The first-order valence-electron chi connectivity index (χ1n) is 8.38. The summed E-state index contributed by atoms with van der Waals surface area (Å²) >= 11 is 0. The van der Waals surface area contributed by atoms with E-state index in [-0.39, 0.29) is 16.6 Å². The topological polar surface area (TPSA) is 118 Å². The normalized spacial score (nSPS) is 14.8. The molecule has 0 amide bonds. The van der Waals surface area contributed by atoms with Crippen molar-refractivity contribution in [1.82, 2.24) is 4.98 Å². The van der Waals surface area contributed by atoms with Crippen molar-refractivity contribution in [3.63, 3.8) is 0 Å². The van der Waals surface area contributed by atoms with Gasteiger partial charge in [-0.05, 0) is 49.4 Å².